The molecule has 0 aliphatic rings. The lowest BCUT2D eigenvalue weighted by Crippen LogP contribution is -2.53. The Bertz CT molecular complexity index is 629. The third-order valence-corrected chi connectivity index (χ3v) is 9.33. The maximum atomic E-state index is 12.2. The summed E-state index contributed by atoms with van der Waals surface area (Å²) >= 11 is 0. The molecule has 0 aliphatic carbocycles. The van der Waals surface area contributed by atoms with Crippen LogP contribution < -0.4 is 5.32 Å². The quantitative estimate of drug-likeness (QED) is 0.479. The second kappa shape index (κ2) is 10.6. The number of amides is 1. The minimum Gasteiger partial charge on any atom is -0.464 e. The Morgan fingerprint density at radius 2 is 1.75 bits per heavy atom. The van der Waals surface area contributed by atoms with Gasteiger partial charge in [-0.15, -0.1) is 0 Å². The number of ether oxygens (including phenoxy) is 2. The lowest BCUT2D eigenvalue weighted by molar-refractivity contribution is -0.149. The SMILES string of the molecule is CCOC(=O)[C@H](NC(=O)OCc1ccccc1)[C@@H](O)CO[Si](C)(C)C(C)(C)C. The van der Waals surface area contributed by atoms with E-state index in [0.717, 1.165) is 5.56 Å². The summed E-state index contributed by atoms with van der Waals surface area (Å²) in [5.74, 6) is -0.731. The van der Waals surface area contributed by atoms with Crippen molar-refractivity contribution in [3.63, 3.8) is 0 Å². The predicted molar refractivity (Wildman–Crippen MR) is 109 cm³/mol. The number of aliphatic hydroxyl groups is 1. The largest absolute Gasteiger partial charge is 0.464 e. The molecule has 0 heterocycles. The molecule has 0 aliphatic heterocycles. The van der Waals surface area contributed by atoms with E-state index in [0.29, 0.717) is 0 Å². The average molecular weight is 412 g/mol. The summed E-state index contributed by atoms with van der Waals surface area (Å²) in [5.41, 5.74) is 0.812. The normalized spacial score (nSPS) is 14.1. The number of carbonyl (C=O) groups is 2. The zero-order valence-electron chi connectivity index (χ0n) is 17.7. The van der Waals surface area contributed by atoms with E-state index in [-0.39, 0.29) is 24.9 Å². The van der Waals surface area contributed by atoms with Gasteiger partial charge in [0.25, 0.3) is 0 Å². The summed E-state index contributed by atoms with van der Waals surface area (Å²) in [6.45, 7) is 12.1. The van der Waals surface area contributed by atoms with Crippen molar-refractivity contribution in [2.45, 2.75) is 64.6 Å². The molecule has 1 rings (SSSR count). The van der Waals surface area contributed by atoms with E-state index < -0.39 is 32.5 Å². The molecule has 0 saturated heterocycles. The smallest absolute Gasteiger partial charge is 0.408 e. The molecule has 0 spiro atoms. The van der Waals surface area contributed by atoms with Crippen molar-refractivity contribution in [2.75, 3.05) is 13.2 Å². The molecule has 0 fully saturated rings. The van der Waals surface area contributed by atoms with Crippen molar-refractivity contribution < 1.29 is 28.6 Å². The number of esters is 1. The van der Waals surface area contributed by atoms with E-state index in [1.165, 1.54) is 0 Å². The van der Waals surface area contributed by atoms with E-state index in [9.17, 15) is 14.7 Å². The standard InChI is InChI=1S/C20H33NO6Si/c1-7-25-18(23)17(16(22)14-27-28(5,6)20(2,3)4)21-19(24)26-13-15-11-9-8-10-12-15/h8-12,16-17,22H,7,13-14H2,1-6H3,(H,21,24)/t16-,17+/m0/s1. The first-order chi connectivity index (χ1) is 13.0. The molecule has 0 bridgehead atoms. The first-order valence-electron chi connectivity index (χ1n) is 9.44. The van der Waals surface area contributed by atoms with Gasteiger partial charge in [-0.2, -0.15) is 0 Å². The Hall–Kier alpha value is -1.90. The molecule has 158 valence electrons. The number of aliphatic hydroxyl groups excluding tert-OH is 1. The summed E-state index contributed by atoms with van der Waals surface area (Å²) in [7, 11) is -2.12. The Kier molecular flexibility index (Phi) is 9.13. The molecule has 7 nitrogen and oxygen atoms in total. The van der Waals surface area contributed by atoms with Crippen LogP contribution in [0.5, 0.6) is 0 Å². The second-order valence-corrected chi connectivity index (χ2v) is 12.9. The van der Waals surface area contributed by atoms with E-state index in [2.05, 4.69) is 26.1 Å². The van der Waals surface area contributed by atoms with Crippen LogP contribution in [0.2, 0.25) is 18.1 Å². The molecule has 1 aromatic rings. The highest BCUT2D eigenvalue weighted by Crippen LogP contribution is 2.36. The lowest BCUT2D eigenvalue weighted by atomic mass is 10.2. The van der Waals surface area contributed by atoms with Crippen molar-refractivity contribution in [1.82, 2.24) is 5.32 Å². The maximum absolute atomic E-state index is 12.2. The summed E-state index contributed by atoms with van der Waals surface area (Å²) < 4.78 is 16.1. The van der Waals surface area contributed by atoms with Crippen LogP contribution in [-0.2, 0) is 25.3 Å². The third kappa shape index (κ3) is 7.61. The fourth-order valence-corrected chi connectivity index (χ4v) is 3.06. The molecule has 1 amide bonds. The minimum absolute atomic E-state index is 0.0474. The van der Waals surface area contributed by atoms with Gasteiger partial charge in [0, 0.05) is 0 Å². The zero-order valence-corrected chi connectivity index (χ0v) is 18.7. The summed E-state index contributed by atoms with van der Waals surface area (Å²) in [6, 6.07) is 7.89. The van der Waals surface area contributed by atoms with Crippen LogP contribution in [0, 0.1) is 0 Å². The van der Waals surface area contributed by atoms with E-state index in [4.69, 9.17) is 13.9 Å². The Morgan fingerprint density at radius 3 is 2.29 bits per heavy atom. The van der Waals surface area contributed by atoms with Crippen LogP contribution >= 0.6 is 0 Å². The molecule has 0 aromatic heterocycles. The first-order valence-corrected chi connectivity index (χ1v) is 12.3. The van der Waals surface area contributed by atoms with E-state index in [1.807, 2.05) is 43.4 Å². The van der Waals surface area contributed by atoms with Gasteiger partial charge in [0.15, 0.2) is 14.4 Å². The van der Waals surface area contributed by atoms with Gasteiger partial charge in [-0.1, -0.05) is 51.1 Å². The molecule has 8 heteroatoms. The highest BCUT2D eigenvalue weighted by atomic mass is 28.4. The average Bonchev–Trinajstić information content (AvgIpc) is 2.62. The molecule has 0 unspecified atom stereocenters. The van der Waals surface area contributed by atoms with Gasteiger partial charge in [-0.3, -0.25) is 0 Å². The molecule has 0 saturated carbocycles. The van der Waals surface area contributed by atoms with Gasteiger partial charge in [0.2, 0.25) is 0 Å². The van der Waals surface area contributed by atoms with E-state index >= 15 is 0 Å². The highest BCUT2D eigenvalue weighted by Gasteiger charge is 2.39. The van der Waals surface area contributed by atoms with Gasteiger partial charge in [0.1, 0.15) is 12.7 Å². The fourth-order valence-electron chi connectivity index (χ4n) is 2.04. The number of hydrogen-bond acceptors (Lipinski definition) is 6. The third-order valence-electron chi connectivity index (χ3n) is 4.83. The van der Waals surface area contributed by atoms with Gasteiger partial charge in [-0.05, 0) is 30.6 Å². The highest BCUT2D eigenvalue weighted by molar-refractivity contribution is 6.74. The summed E-state index contributed by atoms with van der Waals surface area (Å²) in [4.78, 5) is 24.3. The minimum atomic E-state index is -2.12. The van der Waals surface area contributed by atoms with Crippen LogP contribution in [0.4, 0.5) is 4.79 Å². The predicted octanol–water partition coefficient (Wildman–Crippen LogP) is 3.23. The fraction of sp³-hybridized carbons (Fsp3) is 0.600. The molecule has 0 radical (unpaired) electrons. The first kappa shape index (κ1) is 24.1. The molecule has 2 N–H and O–H groups in total. The number of nitrogens with one attached hydrogen (secondary N) is 1. The molecular weight excluding hydrogens is 378 g/mol. The second-order valence-electron chi connectivity index (χ2n) is 8.07. The number of alkyl carbamates (subject to hydrolysis) is 1. The summed E-state index contributed by atoms with van der Waals surface area (Å²) in [5, 5.41) is 12.8. The van der Waals surface area contributed by atoms with Gasteiger partial charge in [-0.25, -0.2) is 9.59 Å². The maximum Gasteiger partial charge on any atom is 0.408 e. The van der Waals surface area contributed by atoms with Crippen LogP contribution in [0.15, 0.2) is 30.3 Å². The van der Waals surface area contributed by atoms with E-state index in [1.54, 1.807) is 6.92 Å². The number of benzene rings is 1. The van der Waals surface area contributed by atoms with Crippen molar-refractivity contribution in [1.29, 1.82) is 0 Å². The van der Waals surface area contributed by atoms with Crippen molar-refractivity contribution in [3.8, 4) is 0 Å². The van der Waals surface area contributed by atoms with Crippen molar-refractivity contribution >= 4 is 20.4 Å². The van der Waals surface area contributed by atoms with Gasteiger partial charge in [0.05, 0.1) is 13.2 Å². The van der Waals surface area contributed by atoms with Crippen molar-refractivity contribution in [3.05, 3.63) is 35.9 Å². The molecule has 1 aromatic carbocycles. The topological polar surface area (TPSA) is 94.1 Å². The van der Waals surface area contributed by atoms with Crippen molar-refractivity contribution in [2.24, 2.45) is 0 Å². The molecule has 2 atom stereocenters. The zero-order chi connectivity index (χ0) is 21.4. The monoisotopic (exact) mass is 411 g/mol. The molecular formula is C20H33NO6Si. The number of carbonyl (C=O) groups excluding carboxylic acids is 2. The summed E-state index contributed by atoms with van der Waals surface area (Å²) in [6.07, 6.45) is -2.06. The Balaban J connectivity index is 2.71. The lowest BCUT2D eigenvalue weighted by Gasteiger charge is -2.37. The molecule has 28 heavy (non-hydrogen) atoms. The van der Waals surface area contributed by atoms with Gasteiger partial charge >= 0.3 is 12.1 Å². The van der Waals surface area contributed by atoms with Crippen LogP contribution in [0.3, 0.4) is 0 Å². The number of rotatable bonds is 9. The van der Waals surface area contributed by atoms with Crippen LogP contribution in [0.1, 0.15) is 33.3 Å². The Labute approximate surface area is 168 Å². The van der Waals surface area contributed by atoms with Crippen LogP contribution in [-0.4, -0.2) is 50.8 Å². The van der Waals surface area contributed by atoms with Gasteiger partial charge < -0.3 is 24.3 Å². The Morgan fingerprint density at radius 1 is 1.14 bits per heavy atom. The number of hydrogen-bond donors (Lipinski definition) is 2. The van der Waals surface area contributed by atoms with Crippen LogP contribution in [0.25, 0.3) is 0 Å².